The van der Waals surface area contributed by atoms with Gasteiger partial charge in [-0.05, 0) is 26.3 Å². The lowest BCUT2D eigenvalue weighted by Crippen LogP contribution is -2.42. The minimum atomic E-state index is 0.174. The predicted molar refractivity (Wildman–Crippen MR) is 60.8 cm³/mol. The average Bonchev–Trinajstić information content (AvgIpc) is 2.83. The third kappa shape index (κ3) is 2.24. The number of nitrogens with one attached hydrogen (secondary N) is 2. The van der Waals surface area contributed by atoms with Gasteiger partial charge >= 0.3 is 0 Å². The van der Waals surface area contributed by atoms with E-state index < -0.39 is 0 Å². The topological polar surface area (TPSA) is 61.0 Å². The second-order valence-electron chi connectivity index (χ2n) is 4.16. The Morgan fingerprint density at radius 3 is 3.25 bits per heavy atom. The maximum atomic E-state index is 11.9. The van der Waals surface area contributed by atoms with E-state index in [2.05, 4.69) is 15.5 Å². The molecule has 1 saturated heterocycles. The number of amides is 1. The molecule has 1 aromatic heterocycles. The summed E-state index contributed by atoms with van der Waals surface area (Å²) in [5.41, 5.74) is 1.11. The molecule has 0 aliphatic carbocycles. The summed E-state index contributed by atoms with van der Waals surface area (Å²) in [6.07, 6.45) is 7.02. The van der Waals surface area contributed by atoms with E-state index in [0.717, 1.165) is 24.9 Å². The number of carbonyl (C=O) groups excluding carboxylic acids is 1. The third-order valence-electron chi connectivity index (χ3n) is 3.06. The van der Waals surface area contributed by atoms with E-state index in [1.165, 1.54) is 6.42 Å². The molecular weight excluding hydrogens is 204 g/mol. The standard InChI is InChI=1S/C11H18N4O/c1-12-8-11(16)15-5-3-2-4-10(15)9-6-13-14-7-9/h6-7,10,12H,2-5,8H2,1H3,(H,13,14). The number of aromatic amines is 1. The van der Waals surface area contributed by atoms with Gasteiger partial charge in [-0.15, -0.1) is 0 Å². The number of hydrogen-bond acceptors (Lipinski definition) is 3. The molecule has 16 heavy (non-hydrogen) atoms. The zero-order valence-electron chi connectivity index (χ0n) is 9.57. The Kier molecular flexibility index (Phi) is 3.56. The first-order valence-corrected chi connectivity index (χ1v) is 5.75. The Bertz CT molecular complexity index is 336. The summed E-state index contributed by atoms with van der Waals surface area (Å²) >= 11 is 0. The number of hydrogen-bond donors (Lipinski definition) is 2. The summed E-state index contributed by atoms with van der Waals surface area (Å²) in [5.74, 6) is 0.174. The fraction of sp³-hybridized carbons (Fsp3) is 0.636. The number of rotatable bonds is 3. The van der Waals surface area contributed by atoms with Gasteiger partial charge in [-0.2, -0.15) is 5.10 Å². The van der Waals surface area contributed by atoms with Crippen molar-refractivity contribution in [1.82, 2.24) is 20.4 Å². The van der Waals surface area contributed by atoms with Gasteiger partial charge < -0.3 is 10.2 Å². The van der Waals surface area contributed by atoms with Crippen LogP contribution in [0.1, 0.15) is 30.9 Å². The molecule has 88 valence electrons. The van der Waals surface area contributed by atoms with Crippen LogP contribution in [0, 0.1) is 0 Å². The van der Waals surface area contributed by atoms with Crippen molar-refractivity contribution in [1.29, 1.82) is 0 Å². The number of aromatic nitrogens is 2. The van der Waals surface area contributed by atoms with Crippen molar-refractivity contribution in [3.05, 3.63) is 18.0 Å². The second-order valence-corrected chi connectivity index (χ2v) is 4.16. The van der Waals surface area contributed by atoms with E-state index in [-0.39, 0.29) is 11.9 Å². The lowest BCUT2D eigenvalue weighted by molar-refractivity contribution is -0.134. The van der Waals surface area contributed by atoms with Crippen LogP contribution in [0.3, 0.4) is 0 Å². The fourth-order valence-electron chi connectivity index (χ4n) is 2.27. The van der Waals surface area contributed by atoms with Crippen molar-refractivity contribution >= 4 is 5.91 Å². The van der Waals surface area contributed by atoms with E-state index in [0.29, 0.717) is 6.54 Å². The first kappa shape index (κ1) is 11.1. The number of likely N-dealkylation sites (tertiary alicyclic amines) is 1. The van der Waals surface area contributed by atoms with Crippen molar-refractivity contribution in [3.8, 4) is 0 Å². The summed E-state index contributed by atoms with van der Waals surface area (Å²) in [7, 11) is 1.80. The molecule has 1 aliphatic heterocycles. The van der Waals surface area contributed by atoms with Crippen molar-refractivity contribution in [3.63, 3.8) is 0 Å². The molecule has 0 saturated carbocycles. The van der Waals surface area contributed by atoms with Gasteiger partial charge in [0.1, 0.15) is 0 Å². The molecule has 1 aromatic rings. The Labute approximate surface area is 95.2 Å². The highest BCUT2D eigenvalue weighted by Crippen LogP contribution is 2.29. The normalized spacial score (nSPS) is 21.1. The van der Waals surface area contributed by atoms with Crippen LogP contribution in [0.2, 0.25) is 0 Å². The SMILES string of the molecule is CNCC(=O)N1CCCCC1c1cn[nH]c1. The average molecular weight is 222 g/mol. The summed E-state index contributed by atoms with van der Waals surface area (Å²) in [5, 5.41) is 9.69. The van der Waals surface area contributed by atoms with Gasteiger partial charge in [0.2, 0.25) is 5.91 Å². The number of carbonyl (C=O) groups is 1. The van der Waals surface area contributed by atoms with Gasteiger partial charge in [0.15, 0.2) is 0 Å². The summed E-state index contributed by atoms with van der Waals surface area (Å²) in [6.45, 7) is 1.27. The lowest BCUT2D eigenvalue weighted by atomic mass is 9.97. The minimum Gasteiger partial charge on any atom is -0.334 e. The smallest absolute Gasteiger partial charge is 0.237 e. The number of nitrogens with zero attached hydrogens (tertiary/aromatic N) is 2. The Morgan fingerprint density at radius 2 is 2.56 bits per heavy atom. The first-order chi connectivity index (χ1) is 7.83. The van der Waals surface area contributed by atoms with Crippen LogP contribution in [-0.2, 0) is 4.79 Å². The monoisotopic (exact) mass is 222 g/mol. The van der Waals surface area contributed by atoms with Gasteiger partial charge in [-0.1, -0.05) is 0 Å². The molecule has 2 heterocycles. The zero-order chi connectivity index (χ0) is 11.4. The van der Waals surface area contributed by atoms with Gasteiger partial charge in [-0.3, -0.25) is 9.89 Å². The van der Waals surface area contributed by atoms with Gasteiger partial charge in [0.05, 0.1) is 18.8 Å². The lowest BCUT2D eigenvalue weighted by Gasteiger charge is -2.35. The van der Waals surface area contributed by atoms with Crippen LogP contribution >= 0.6 is 0 Å². The molecule has 5 nitrogen and oxygen atoms in total. The molecule has 1 amide bonds. The van der Waals surface area contributed by atoms with Gasteiger partial charge in [0, 0.05) is 18.3 Å². The summed E-state index contributed by atoms with van der Waals surface area (Å²) < 4.78 is 0. The van der Waals surface area contributed by atoms with Gasteiger partial charge in [-0.25, -0.2) is 0 Å². The third-order valence-corrected chi connectivity index (χ3v) is 3.06. The highest BCUT2D eigenvalue weighted by Gasteiger charge is 2.27. The van der Waals surface area contributed by atoms with E-state index in [4.69, 9.17) is 0 Å². The van der Waals surface area contributed by atoms with Crippen LogP contribution in [0.15, 0.2) is 12.4 Å². The molecule has 2 rings (SSSR count). The summed E-state index contributed by atoms with van der Waals surface area (Å²) in [6, 6.07) is 0.202. The van der Waals surface area contributed by atoms with Crippen molar-refractivity contribution in [2.75, 3.05) is 20.1 Å². The molecule has 1 aliphatic rings. The Balaban J connectivity index is 2.11. The number of piperidine rings is 1. The molecule has 5 heteroatoms. The molecular formula is C11H18N4O. The Hall–Kier alpha value is -1.36. The van der Waals surface area contributed by atoms with Crippen molar-refractivity contribution < 1.29 is 4.79 Å². The molecule has 0 bridgehead atoms. The fourth-order valence-corrected chi connectivity index (χ4v) is 2.27. The van der Waals surface area contributed by atoms with E-state index in [9.17, 15) is 4.79 Å². The molecule has 0 aromatic carbocycles. The van der Waals surface area contributed by atoms with Crippen LogP contribution in [0.4, 0.5) is 0 Å². The highest BCUT2D eigenvalue weighted by atomic mass is 16.2. The van der Waals surface area contributed by atoms with E-state index >= 15 is 0 Å². The van der Waals surface area contributed by atoms with Crippen LogP contribution < -0.4 is 5.32 Å². The number of likely N-dealkylation sites (N-methyl/N-ethyl adjacent to an activating group) is 1. The highest BCUT2D eigenvalue weighted by molar-refractivity contribution is 5.78. The van der Waals surface area contributed by atoms with E-state index in [1.807, 2.05) is 17.3 Å². The quantitative estimate of drug-likeness (QED) is 0.790. The molecule has 1 atom stereocenters. The maximum Gasteiger partial charge on any atom is 0.237 e. The van der Waals surface area contributed by atoms with Crippen LogP contribution in [0.25, 0.3) is 0 Å². The molecule has 1 fully saturated rings. The predicted octanol–water partition coefficient (Wildman–Crippen LogP) is 0.683. The van der Waals surface area contributed by atoms with Crippen LogP contribution in [-0.4, -0.2) is 41.1 Å². The van der Waals surface area contributed by atoms with Crippen LogP contribution in [0.5, 0.6) is 0 Å². The maximum absolute atomic E-state index is 11.9. The minimum absolute atomic E-state index is 0.174. The molecule has 1 unspecified atom stereocenters. The number of H-pyrrole nitrogens is 1. The van der Waals surface area contributed by atoms with E-state index in [1.54, 1.807) is 7.05 Å². The molecule has 0 spiro atoms. The van der Waals surface area contributed by atoms with Gasteiger partial charge in [0.25, 0.3) is 0 Å². The summed E-state index contributed by atoms with van der Waals surface area (Å²) in [4.78, 5) is 13.9. The molecule has 0 radical (unpaired) electrons. The molecule has 2 N–H and O–H groups in total. The van der Waals surface area contributed by atoms with Crippen molar-refractivity contribution in [2.24, 2.45) is 0 Å². The first-order valence-electron chi connectivity index (χ1n) is 5.75. The Morgan fingerprint density at radius 1 is 1.69 bits per heavy atom. The van der Waals surface area contributed by atoms with Crippen molar-refractivity contribution in [2.45, 2.75) is 25.3 Å². The zero-order valence-corrected chi connectivity index (χ0v) is 9.57. The second kappa shape index (κ2) is 5.12. The largest absolute Gasteiger partial charge is 0.334 e.